The van der Waals surface area contributed by atoms with Crippen LogP contribution in [0.4, 0.5) is 5.69 Å². The van der Waals surface area contributed by atoms with Crippen molar-refractivity contribution in [2.75, 3.05) is 18.0 Å². The molecule has 0 amide bonds. The average Bonchev–Trinajstić information content (AvgIpc) is 2.58. The summed E-state index contributed by atoms with van der Waals surface area (Å²) in [5.41, 5.74) is 7.82. The monoisotopic (exact) mass is 326 g/mol. The molecule has 2 rings (SSSR count). The molecule has 1 saturated heterocycles. The van der Waals surface area contributed by atoms with Crippen molar-refractivity contribution in [3.05, 3.63) is 53.3 Å². The number of benzene rings is 1. The van der Waals surface area contributed by atoms with Gasteiger partial charge in [0, 0.05) is 24.0 Å². The standard InChI is InChI=1S/C22H34N2/c1-7-18(4)24(22-12-11-17(3)19(5)20(22)6)15-16(2)14-21-10-8-9-13-23-21/h11-12,21,23H,2,4,7-10,13-15H2,1,3,5-6H3. The van der Waals surface area contributed by atoms with Crippen molar-refractivity contribution in [1.29, 1.82) is 0 Å². The Bertz CT molecular complexity index is 594. The zero-order chi connectivity index (χ0) is 17.7. The number of rotatable bonds is 7. The van der Waals surface area contributed by atoms with Gasteiger partial charge in [-0.1, -0.05) is 38.1 Å². The molecule has 0 bridgehead atoms. The largest absolute Gasteiger partial charge is 0.341 e. The smallest absolute Gasteiger partial charge is 0.0443 e. The summed E-state index contributed by atoms with van der Waals surface area (Å²) in [6.45, 7) is 19.5. The van der Waals surface area contributed by atoms with Crippen LogP contribution in [-0.4, -0.2) is 19.1 Å². The van der Waals surface area contributed by atoms with Crippen molar-refractivity contribution >= 4 is 5.69 Å². The molecule has 2 heteroatoms. The summed E-state index contributed by atoms with van der Waals surface area (Å²) in [5.74, 6) is 0. The molecule has 132 valence electrons. The highest BCUT2D eigenvalue weighted by atomic mass is 15.1. The van der Waals surface area contributed by atoms with Gasteiger partial charge in [-0.05, 0) is 75.8 Å². The quantitative estimate of drug-likeness (QED) is 0.672. The number of nitrogens with zero attached hydrogens (tertiary/aromatic N) is 1. The molecule has 0 aromatic heterocycles. The molecule has 0 radical (unpaired) electrons. The van der Waals surface area contributed by atoms with Crippen LogP contribution in [0.15, 0.2) is 36.6 Å². The van der Waals surface area contributed by atoms with Gasteiger partial charge in [-0.3, -0.25) is 0 Å². The molecule has 1 aliphatic rings. The van der Waals surface area contributed by atoms with Gasteiger partial charge < -0.3 is 10.2 Å². The first kappa shape index (κ1) is 18.8. The fourth-order valence-corrected chi connectivity index (χ4v) is 3.53. The highest BCUT2D eigenvalue weighted by Crippen LogP contribution is 2.29. The molecule has 1 aromatic rings. The highest BCUT2D eigenvalue weighted by Gasteiger charge is 2.18. The second kappa shape index (κ2) is 8.53. The van der Waals surface area contributed by atoms with Gasteiger partial charge in [-0.2, -0.15) is 0 Å². The van der Waals surface area contributed by atoms with Gasteiger partial charge in [0.15, 0.2) is 0 Å². The molecule has 0 aliphatic carbocycles. The molecule has 1 aromatic carbocycles. The van der Waals surface area contributed by atoms with E-state index < -0.39 is 0 Å². The van der Waals surface area contributed by atoms with Crippen molar-refractivity contribution < 1.29 is 0 Å². The average molecular weight is 327 g/mol. The van der Waals surface area contributed by atoms with E-state index in [-0.39, 0.29) is 0 Å². The molecule has 1 N–H and O–H groups in total. The predicted molar refractivity (Wildman–Crippen MR) is 107 cm³/mol. The molecule has 1 heterocycles. The van der Waals surface area contributed by atoms with Crippen LogP contribution < -0.4 is 10.2 Å². The van der Waals surface area contributed by atoms with Crippen LogP contribution in [0, 0.1) is 20.8 Å². The molecule has 1 unspecified atom stereocenters. The van der Waals surface area contributed by atoms with Gasteiger partial charge in [-0.15, -0.1) is 0 Å². The SMILES string of the molecule is C=C(CC1CCCCN1)CN(C(=C)CC)c1ccc(C)c(C)c1C. The van der Waals surface area contributed by atoms with Gasteiger partial charge in [0.1, 0.15) is 0 Å². The van der Waals surface area contributed by atoms with Gasteiger partial charge in [0.25, 0.3) is 0 Å². The van der Waals surface area contributed by atoms with E-state index in [9.17, 15) is 0 Å². The highest BCUT2D eigenvalue weighted by molar-refractivity contribution is 5.61. The van der Waals surface area contributed by atoms with Crippen LogP contribution in [0.2, 0.25) is 0 Å². The van der Waals surface area contributed by atoms with E-state index >= 15 is 0 Å². The summed E-state index contributed by atoms with van der Waals surface area (Å²) >= 11 is 0. The number of nitrogens with one attached hydrogen (secondary N) is 1. The zero-order valence-electron chi connectivity index (χ0n) is 16.0. The first-order chi connectivity index (χ1) is 11.4. The van der Waals surface area contributed by atoms with E-state index in [4.69, 9.17) is 0 Å². The van der Waals surface area contributed by atoms with Crippen molar-refractivity contribution in [3.8, 4) is 0 Å². The van der Waals surface area contributed by atoms with E-state index in [1.54, 1.807) is 0 Å². The molecule has 0 saturated carbocycles. The number of anilines is 1. The third kappa shape index (κ3) is 4.51. The maximum atomic E-state index is 4.38. The Morgan fingerprint density at radius 3 is 2.54 bits per heavy atom. The van der Waals surface area contributed by atoms with Gasteiger partial charge in [0.2, 0.25) is 0 Å². The normalized spacial score (nSPS) is 17.6. The Morgan fingerprint density at radius 2 is 1.92 bits per heavy atom. The van der Waals surface area contributed by atoms with Crippen LogP contribution in [-0.2, 0) is 0 Å². The Hall–Kier alpha value is -1.54. The molecule has 2 nitrogen and oxygen atoms in total. The van der Waals surface area contributed by atoms with Gasteiger partial charge >= 0.3 is 0 Å². The third-order valence-corrected chi connectivity index (χ3v) is 5.44. The fraction of sp³-hybridized carbons (Fsp3) is 0.545. The lowest BCUT2D eigenvalue weighted by atomic mass is 9.97. The van der Waals surface area contributed by atoms with Gasteiger partial charge in [0.05, 0.1) is 0 Å². The summed E-state index contributed by atoms with van der Waals surface area (Å²) in [7, 11) is 0. The number of aryl methyl sites for hydroxylation is 1. The lowest BCUT2D eigenvalue weighted by molar-refractivity contribution is 0.397. The van der Waals surface area contributed by atoms with E-state index in [1.807, 2.05) is 0 Å². The first-order valence-corrected chi connectivity index (χ1v) is 9.36. The predicted octanol–water partition coefficient (Wildman–Crippen LogP) is 5.43. The summed E-state index contributed by atoms with van der Waals surface area (Å²) in [5, 5.41) is 3.63. The van der Waals surface area contributed by atoms with Crippen molar-refractivity contribution in [2.45, 2.75) is 65.8 Å². The van der Waals surface area contributed by atoms with Crippen LogP contribution in [0.1, 0.15) is 55.7 Å². The molecule has 1 atom stereocenters. The summed E-state index contributed by atoms with van der Waals surface area (Å²) < 4.78 is 0. The summed E-state index contributed by atoms with van der Waals surface area (Å²) in [6, 6.07) is 5.06. The third-order valence-electron chi connectivity index (χ3n) is 5.44. The van der Waals surface area contributed by atoms with Crippen molar-refractivity contribution in [3.63, 3.8) is 0 Å². The topological polar surface area (TPSA) is 15.3 Å². The Balaban J connectivity index is 2.15. The van der Waals surface area contributed by atoms with Crippen molar-refractivity contribution in [2.24, 2.45) is 0 Å². The maximum absolute atomic E-state index is 4.38. The molecular formula is C22H34N2. The second-order valence-corrected chi connectivity index (χ2v) is 7.26. The van der Waals surface area contributed by atoms with Gasteiger partial charge in [-0.25, -0.2) is 0 Å². The lowest BCUT2D eigenvalue weighted by Crippen LogP contribution is -2.35. The number of allylic oxidation sites excluding steroid dienone is 1. The molecule has 0 spiro atoms. The zero-order valence-corrected chi connectivity index (χ0v) is 16.0. The minimum atomic E-state index is 0.601. The van der Waals surface area contributed by atoms with Crippen LogP contribution in [0.3, 0.4) is 0 Å². The molecular weight excluding hydrogens is 292 g/mol. The number of piperidine rings is 1. The second-order valence-electron chi connectivity index (χ2n) is 7.26. The Labute approximate surface area is 148 Å². The van der Waals surface area contributed by atoms with Crippen LogP contribution in [0.5, 0.6) is 0 Å². The van der Waals surface area contributed by atoms with E-state index in [2.05, 4.69) is 63.2 Å². The first-order valence-electron chi connectivity index (χ1n) is 9.36. The summed E-state index contributed by atoms with van der Waals surface area (Å²) in [6.07, 6.45) is 5.95. The number of hydrogen-bond acceptors (Lipinski definition) is 2. The van der Waals surface area contributed by atoms with Crippen LogP contribution in [0.25, 0.3) is 0 Å². The minimum Gasteiger partial charge on any atom is -0.341 e. The molecule has 1 fully saturated rings. The Morgan fingerprint density at radius 1 is 1.17 bits per heavy atom. The van der Waals surface area contributed by atoms with Crippen LogP contribution >= 0.6 is 0 Å². The van der Waals surface area contributed by atoms with E-state index in [0.29, 0.717) is 6.04 Å². The van der Waals surface area contributed by atoms with E-state index in [0.717, 1.165) is 25.9 Å². The van der Waals surface area contributed by atoms with E-state index in [1.165, 1.54) is 52.9 Å². The fourth-order valence-electron chi connectivity index (χ4n) is 3.53. The summed E-state index contributed by atoms with van der Waals surface area (Å²) in [4.78, 5) is 2.37. The lowest BCUT2D eigenvalue weighted by Gasteiger charge is -2.31. The minimum absolute atomic E-state index is 0.601. The maximum Gasteiger partial charge on any atom is 0.0443 e. The Kier molecular flexibility index (Phi) is 6.68. The number of hydrogen-bond donors (Lipinski definition) is 1. The van der Waals surface area contributed by atoms with Crippen molar-refractivity contribution in [1.82, 2.24) is 5.32 Å². The molecule has 24 heavy (non-hydrogen) atoms. The molecule has 1 aliphatic heterocycles.